The van der Waals surface area contributed by atoms with Crippen LogP contribution in [0.15, 0.2) is 42.6 Å². The average Bonchev–Trinajstić information content (AvgIpc) is 2.69. The number of pyridine rings is 1. The predicted octanol–water partition coefficient (Wildman–Crippen LogP) is 3.33. The highest BCUT2D eigenvalue weighted by molar-refractivity contribution is 7.53. The van der Waals surface area contributed by atoms with Gasteiger partial charge >= 0.3 is 7.60 Å². The molecule has 0 aliphatic carbocycles. The minimum absolute atomic E-state index is 0.101. The highest BCUT2D eigenvalue weighted by Crippen LogP contribution is 2.51. The first-order valence-corrected chi connectivity index (χ1v) is 11.5. The molecule has 0 saturated heterocycles. The third-order valence-corrected chi connectivity index (χ3v) is 6.40. The second-order valence-electron chi connectivity index (χ2n) is 6.42. The molecule has 2 aromatic rings. The molecule has 1 atom stereocenters. The van der Waals surface area contributed by atoms with Gasteiger partial charge in [0.2, 0.25) is 5.91 Å². The molecule has 8 nitrogen and oxygen atoms in total. The summed E-state index contributed by atoms with van der Waals surface area (Å²) in [6.07, 6.45) is 1.81. The van der Waals surface area contributed by atoms with E-state index in [2.05, 4.69) is 10.3 Å². The Kier molecular flexibility index (Phi) is 8.99. The molecule has 1 aromatic carbocycles. The highest BCUT2D eigenvalue weighted by Gasteiger charge is 2.24. The van der Waals surface area contributed by atoms with Crippen LogP contribution in [-0.4, -0.2) is 36.1 Å². The molecule has 0 radical (unpaired) electrons. The Morgan fingerprint density at radius 3 is 2.20 bits per heavy atom. The van der Waals surface area contributed by atoms with Crippen molar-refractivity contribution in [3.8, 4) is 0 Å². The van der Waals surface area contributed by atoms with Crippen LogP contribution < -0.4 is 11.1 Å². The fraction of sp³-hybridized carbons (Fsp3) is 0.350. The molecule has 0 saturated carbocycles. The SMILES string of the molecule is CCOP(=O)(Cc1ccc(C(=O)N[C@H](Cc2ccc(Cl)nc2)C(N)=O)cc1)OCC. The number of rotatable bonds is 11. The molecule has 0 fully saturated rings. The van der Waals surface area contributed by atoms with Crippen molar-refractivity contribution in [3.63, 3.8) is 0 Å². The maximum atomic E-state index is 12.6. The Morgan fingerprint density at radius 2 is 1.70 bits per heavy atom. The van der Waals surface area contributed by atoms with Crippen molar-refractivity contribution in [2.75, 3.05) is 13.2 Å². The Balaban J connectivity index is 2.05. The lowest BCUT2D eigenvalue weighted by molar-refractivity contribution is -0.119. The molecule has 10 heteroatoms. The van der Waals surface area contributed by atoms with E-state index in [0.29, 0.717) is 21.8 Å². The van der Waals surface area contributed by atoms with Crippen LogP contribution in [0, 0.1) is 0 Å². The number of benzene rings is 1. The van der Waals surface area contributed by atoms with Gasteiger partial charge in [-0.25, -0.2) is 4.98 Å². The van der Waals surface area contributed by atoms with Gasteiger partial charge in [0.1, 0.15) is 11.2 Å². The van der Waals surface area contributed by atoms with Crippen LogP contribution in [0.2, 0.25) is 5.15 Å². The van der Waals surface area contributed by atoms with Gasteiger partial charge in [-0.15, -0.1) is 0 Å². The van der Waals surface area contributed by atoms with Gasteiger partial charge in [-0.3, -0.25) is 14.2 Å². The van der Waals surface area contributed by atoms with Gasteiger partial charge in [0.15, 0.2) is 0 Å². The van der Waals surface area contributed by atoms with E-state index in [0.717, 1.165) is 0 Å². The number of carbonyl (C=O) groups is 2. The minimum Gasteiger partial charge on any atom is -0.368 e. The van der Waals surface area contributed by atoms with E-state index in [1.54, 1.807) is 50.2 Å². The van der Waals surface area contributed by atoms with Crippen LogP contribution in [-0.2, 0) is 31.0 Å². The van der Waals surface area contributed by atoms with Crippen molar-refractivity contribution in [1.82, 2.24) is 10.3 Å². The standard InChI is InChI=1S/C20H25ClN3O5P/c1-3-28-30(27,29-4-2)13-14-5-8-16(9-6-14)20(26)24-17(19(22)25)11-15-7-10-18(21)23-12-15/h5-10,12,17H,3-4,11,13H2,1-2H3,(H2,22,25)(H,24,26)/t17-/m1/s1. The van der Waals surface area contributed by atoms with Crippen LogP contribution in [0.1, 0.15) is 35.3 Å². The summed E-state index contributed by atoms with van der Waals surface area (Å²) in [5.41, 5.74) is 7.18. The third kappa shape index (κ3) is 7.22. The van der Waals surface area contributed by atoms with Crippen LogP contribution in [0.4, 0.5) is 0 Å². The summed E-state index contributed by atoms with van der Waals surface area (Å²) in [4.78, 5) is 28.3. The first kappa shape index (κ1) is 24.0. The number of carbonyl (C=O) groups excluding carboxylic acids is 2. The maximum absolute atomic E-state index is 12.6. The van der Waals surface area contributed by atoms with Crippen molar-refractivity contribution < 1.29 is 23.2 Å². The molecule has 0 unspecified atom stereocenters. The Bertz CT molecular complexity index is 896. The van der Waals surface area contributed by atoms with E-state index < -0.39 is 25.5 Å². The highest BCUT2D eigenvalue weighted by atomic mass is 35.5. The molecule has 0 aliphatic heterocycles. The van der Waals surface area contributed by atoms with Crippen molar-refractivity contribution in [3.05, 3.63) is 64.4 Å². The summed E-state index contributed by atoms with van der Waals surface area (Å²) >= 11 is 5.76. The second-order valence-corrected chi connectivity index (χ2v) is 8.86. The number of aromatic nitrogens is 1. The number of hydrogen-bond donors (Lipinski definition) is 2. The summed E-state index contributed by atoms with van der Waals surface area (Å²) in [6, 6.07) is 8.89. The molecule has 3 N–H and O–H groups in total. The van der Waals surface area contributed by atoms with Crippen LogP contribution in [0.5, 0.6) is 0 Å². The van der Waals surface area contributed by atoms with Crippen LogP contribution in [0.3, 0.4) is 0 Å². The van der Waals surface area contributed by atoms with Crippen molar-refractivity contribution >= 4 is 31.0 Å². The Morgan fingerprint density at radius 1 is 1.10 bits per heavy atom. The van der Waals surface area contributed by atoms with E-state index >= 15 is 0 Å². The number of nitrogens with two attached hydrogens (primary N) is 1. The van der Waals surface area contributed by atoms with Crippen molar-refractivity contribution in [2.45, 2.75) is 32.5 Å². The van der Waals surface area contributed by atoms with Gasteiger partial charge < -0.3 is 20.1 Å². The first-order valence-electron chi connectivity index (χ1n) is 9.44. The number of nitrogens with one attached hydrogen (secondary N) is 1. The average molecular weight is 454 g/mol. The molecule has 0 bridgehead atoms. The molecular formula is C20H25ClN3O5P. The summed E-state index contributed by atoms with van der Waals surface area (Å²) in [5.74, 6) is -1.12. The Labute approximate surface area is 180 Å². The summed E-state index contributed by atoms with van der Waals surface area (Å²) in [6.45, 7) is 4.04. The predicted molar refractivity (Wildman–Crippen MR) is 114 cm³/mol. The zero-order chi connectivity index (χ0) is 22.1. The zero-order valence-corrected chi connectivity index (χ0v) is 18.5. The smallest absolute Gasteiger partial charge is 0.335 e. The minimum atomic E-state index is -3.24. The molecular weight excluding hydrogens is 429 g/mol. The fourth-order valence-electron chi connectivity index (χ4n) is 2.73. The quantitative estimate of drug-likeness (QED) is 0.397. The third-order valence-electron chi connectivity index (χ3n) is 4.12. The van der Waals surface area contributed by atoms with Gasteiger partial charge in [-0.05, 0) is 43.2 Å². The zero-order valence-electron chi connectivity index (χ0n) is 16.8. The molecule has 2 amide bonds. The monoisotopic (exact) mass is 453 g/mol. The maximum Gasteiger partial charge on any atom is 0.335 e. The van der Waals surface area contributed by atoms with Crippen LogP contribution >= 0.6 is 19.2 Å². The number of hydrogen-bond acceptors (Lipinski definition) is 6. The van der Waals surface area contributed by atoms with Crippen LogP contribution in [0.25, 0.3) is 0 Å². The second kappa shape index (κ2) is 11.2. The summed E-state index contributed by atoms with van der Waals surface area (Å²) < 4.78 is 23.2. The van der Waals surface area contributed by atoms with Gasteiger partial charge in [0.05, 0.1) is 19.4 Å². The largest absolute Gasteiger partial charge is 0.368 e. The fourth-order valence-corrected chi connectivity index (χ4v) is 4.55. The topological polar surface area (TPSA) is 121 Å². The van der Waals surface area contributed by atoms with E-state index in [4.69, 9.17) is 26.4 Å². The van der Waals surface area contributed by atoms with E-state index in [9.17, 15) is 14.2 Å². The molecule has 1 heterocycles. The van der Waals surface area contributed by atoms with Gasteiger partial charge in [0.25, 0.3) is 5.91 Å². The molecule has 0 spiro atoms. The lowest BCUT2D eigenvalue weighted by Gasteiger charge is -2.17. The number of halogens is 1. The van der Waals surface area contributed by atoms with Gasteiger partial charge in [0, 0.05) is 18.2 Å². The van der Waals surface area contributed by atoms with Crippen molar-refractivity contribution in [1.29, 1.82) is 0 Å². The van der Waals surface area contributed by atoms with Crippen molar-refractivity contribution in [2.24, 2.45) is 5.73 Å². The van der Waals surface area contributed by atoms with E-state index in [-0.39, 0.29) is 25.8 Å². The molecule has 30 heavy (non-hydrogen) atoms. The molecule has 162 valence electrons. The number of primary amides is 1. The summed E-state index contributed by atoms with van der Waals surface area (Å²) in [7, 11) is -3.24. The molecule has 2 rings (SSSR count). The first-order chi connectivity index (χ1) is 14.3. The number of nitrogens with zero attached hydrogens (tertiary/aromatic N) is 1. The molecule has 1 aromatic heterocycles. The lowest BCUT2D eigenvalue weighted by Crippen LogP contribution is -2.45. The number of amides is 2. The lowest BCUT2D eigenvalue weighted by atomic mass is 10.1. The Hall–Kier alpha value is -2.25. The van der Waals surface area contributed by atoms with E-state index in [1.807, 2.05) is 0 Å². The van der Waals surface area contributed by atoms with E-state index in [1.165, 1.54) is 6.20 Å². The normalized spacial score (nSPS) is 12.4. The van der Waals surface area contributed by atoms with Gasteiger partial charge in [-0.1, -0.05) is 29.8 Å². The molecule has 0 aliphatic rings. The summed E-state index contributed by atoms with van der Waals surface area (Å²) in [5, 5.41) is 2.96. The van der Waals surface area contributed by atoms with Gasteiger partial charge in [-0.2, -0.15) is 0 Å².